The molecule has 3 rings (SSSR count). The Bertz CT molecular complexity index is 1240. The summed E-state index contributed by atoms with van der Waals surface area (Å²) in [6, 6.07) is 13.1. The zero-order valence-electron chi connectivity index (χ0n) is 23.1. The summed E-state index contributed by atoms with van der Waals surface area (Å²) in [7, 11) is -9.41. The summed E-state index contributed by atoms with van der Waals surface area (Å²) in [6.45, 7) is 5.31. The second kappa shape index (κ2) is 15.1. The Morgan fingerprint density at radius 1 is 1.12 bits per heavy atom. The number of nitrogen functional groups attached to an aromatic ring is 1. The molecule has 1 aliphatic rings. The fourth-order valence-corrected chi connectivity index (χ4v) is 6.37. The van der Waals surface area contributed by atoms with E-state index in [1.54, 1.807) is 44.2 Å². The first kappa shape index (κ1) is 34.7. The Balaban J connectivity index is 0.00000560. The van der Waals surface area contributed by atoms with Crippen LogP contribution in [-0.2, 0) is 35.0 Å². The van der Waals surface area contributed by atoms with Crippen molar-refractivity contribution < 1.29 is 41.6 Å². The van der Waals surface area contributed by atoms with Crippen LogP contribution in [-0.4, -0.2) is 101 Å². The number of nitrogens with two attached hydrogens (primary N) is 1. The number of carbonyl (C=O) groups is 1. The maximum absolute atomic E-state index is 14.0. The van der Waals surface area contributed by atoms with Crippen LogP contribution in [0.15, 0.2) is 59.5 Å². The van der Waals surface area contributed by atoms with Crippen LogP contribution in [0.1, 0.15) is 32.8 Å². The van der Waals surface area contributed by atoms with E-state index in [-0.39, 0.29) is 59.9 Å². The van der Waals surface area contributed by atoms with Crippen LogP contribution in [0, 0.1) is 5.92 Å². The van der Waals surface area contributed by atoms with Gasteiger partial charge in [0.05, 0.1) is 30.3 Å². The monoisotopic (exact) mass is 608 g/mol. The molecule has 12 nitrogen and oxygen atoms in total. The zero-order valence-corrected chi connectivity index (χ0v) is 26.8. The summed E-state index contributed by atoms with van der Waals surface area (Å²) >= 11 is 0. The number of hydrogen-bond acceptors (Lipinski definition) is 8. The number of benzene rings is 2. The Labute approximate surface area is 257 Å². The molecule has 40 heavy (non-hydrogen) atoms. The summed E-state index contributed by atoms with van der Waals surface area (Å²) < 4.78 is 56.8. The third-order valence-electron chi connectivity index (χ3n) is 6.01. The van der Waals surface area contributed by atoms with Crippen molar-refractivity contribution in [1.82, 2.24) is 9.42 Å². The first-order valence-corrected chi connectivity index (χ1v) is 15.5. The van der Waals surface area contributed by atoms with Gasteiger partial charge in [0.1, 0.15) is 6.10 Å². The molecule has 217 valence electrons. The summed E-state index contributed by atoms with van der Waals surface area (Å²) in [4.78, 5) is 32.9. The number of phosphoric ester groups is 1. The van der Waals surface area contributed by atoms with E-state index in [1.165, 1.54) is 31.2 Å². The fourth-order valence-electron chi connectivity index (χ4n) is 4.16. The maximum Gasteiger partial charge on any atom is 0.469 e. The first-order valence-electron chi connectivity index (χ1n) is 12.5. The average Bonchev–Trinajstić information content (AvgIpc) is 3.35. The minimum Gasteiger partial charge on any atom is -0.443 e. The van der Waals surface area contributed by atoms with E-state index in [0.29, 0.717) is 24.3 Å². The third kappa shape index (κ3) is 9.80. The molecule has 1 aliphatic heterocycles. The topological polar surface area (TPSA) is 169 Å². The van der Waals surface area contributed by atoms with Gasteiger partial charge in [-0.1, -0.05) is 44.2 Å². The molecule has 0 aliphatic carbocycles. The van der Waals surface area contributed by atoms with E-state index in [1.807, 2.05) is 0 Å². The van der Waals surface area contributed by atoms with E-state index in [0.717, 1.165) is 9.42 Å². The van der Waals surface area contributed by atoms with E-state index in [4.69, 9.17) is 19.7 Å². The third-order valence-corrected chi connectivity index (χ3v) is 8.36. The van der Waals surface area contributed by atoms with Crippen molar-refractivity contribution in [2.75, 3.05) is 25.5 Å². The van der Waals surface area contributed by atoms with Crippen molar-refractivity contribution in [2.24, 2.45) is 5.92 Å². The van der Waals surface area contributed by atoms with Crippen LogP contribution in [0.5, 0.6) is 0 Å². The minimum atomic E-state index is -5.02. The fraction of sp³-hybridized carbons (Fsp3) is 0.480. The molecule has 4 N–H and O–H groups in total. The molecule has 0 bridgehead atoms. The quantitative estimate of drug-likeness (QED) is 0.141. The second-order valence-electron chi connectivity index (χ2n) is 9.74. The molecule has 0 aromatic heterocycles. The van der Waals surface area contributed by atoms with E-state index >= 15 is 0 Å². The van der Waals surface area contributed by atoms with Crippen molar-refractivity contribution in [3.05, 3.63) is 60.2 Å². The molecule has 1 heterocycles. The predicted octanol–water partition coefficient (Wildman–Crippen LogP) is 2.79. The smallest absolute Gasteiger partial charge is 0.443 e. The van der Waals surface area contributed by atoms with Crippen molar-refractivity contribution in [3.63, 3.8) is 0 Å². The maximum atomic E-state index is 14.0. The molecule has 0 spiro atoms. The van der Waals surface area contributed by atoms with Gasteiger partial charge in [0.25, 0.3) is 10.0 Å². The van der Waals surface area contributed by atoms with Gasteiger partial charge in [0, 0.05) is 48.2 Å². The van der Waals surface area contributed by atoms with Gasteiger partial charge >= 0.3 is 13.9 Å². The number of phosphoric acid groups is 1. The van der Waals surface area contributed by atoms with Crippen LogP contribution >= 0.6 is 7.82 Å². The number of carbonyl (C=O) groups excluding carboxylic acids is 1. The molecule has 3 atom stereocenters. The van der Waals surface area contributed by atoms with Gasteiger partial charge in [-0.15, -0.1) is 4.41 Å². The largest absolute Gasteiger partial charge is 0.469 e. The zero-order chi connectivity index (χ0) is 28.8. The van der Waals surface area contributed by atoms with Gasteiger partial charge < -0.3 is 25.0 Å². The molecule has 0 saturated carbocycles. The van der Waals surface area contributed by atoms with Gasteiger partial charge in [-0.25, -0.2) is 22.8 Å². The molecular formula is C25H36N3NaO9PS. The van der Waals surface area contributed by atoms with Gasteiger partial charge in [0.15, 0.2) is 0 Å². The molecule has 15 heteroatoms. The van der Waals surface area contributed by atoms with Gasteiger partial charge in [0.2, 0.25) is 0 Å². The standard InChI is InChI=1S/C25H36N3O9PS.Na/c1-18(2)16-27(39(33,34)23-11-9-21(26)10-12-23)28(25(29)36-22-13-14-35-17-22)24(19(3)37-38(30,31)32)15-20-7-5-4-6-8-20;/h4-12,18-19,22,24H,13-17,26H2,1-3H3,(H2,30,31,32);/t19-,22+,24+;/m1./s1. The number of amides is 1. The number of hydrogen-bond donors (Lipinski definition) is 3. The van der Waals surface area contributed by atoms with Crippen molar-refractivity contribution in [1.29, 1.82) is 0 Å². The van der Waals surface area contributed by atoms with E-state index < -0.39 is 42.2 Å². The Hall–Kier alpha value is -1.51. The van der Waals surface area contributed by atoms with Crippen molar-refractivity contribution in [2.45, 2.75) is 56.8 Å². The molecule has 1 amide bonds. The Kier molecular flexibility index (Phi) is 13.1. The molecule has 2 aromatic rings. The van der Waals surface area contributed by atoms with Crippen LogP contribution in [0.4, 0.5) is 10.5 Å². The summed E-state index contributed by atoms with van der Waals surface area (Å²) in [5.41, 5.74) is 6.80. The van der Waals surface area contributed by atoms with Crippen molar-refractivity contribution in [3.8, 4) is 0 Å². The predicted molar refractivity (Wildman–Crippen MR) is 149 cm³/mol. The molecule has 1 radical (unpaired) electrons. The van der Waals surface area contributed by atoms with Gasteiger partial charge in [-0.2, -0.15) is 0 Å². The Morgan fingerprint density at radius 2 is 1.75 bits per heavy atom. The summed E-state index contributed by atoms with van der Waals surface area (Å²) in [6.07, 6.45) is -2.51. The molecule has 2 aromatic carbocycles. The summed E-state index contributed by atoms with van der Waals surface area (Å²) in [5.74, 6) is -0.256. The van der Waals surface area contributed by atoms with Crippen LogP contribution in [0.25, 0.3) is 0 Å². The number of rotatable bonds is 12. The van der Waals surface area contributed by atoms with E-state index in [9.17, 15) is 27.6 Å². The summed E-state index contributed by atoms with van der Waals surface area (Å²) in [5, 5.41) is 0.914. The molecule has 1 saturated heterocycles. The average molecular weight is 609 g/mol. The van der Waals surface area contributed by atoms with E-state index in [2.05, 4.69) is 0 Å². The molecule has 0 unspecified atom stereocenters. The van der Waals surface area contributed by atoms with Gasteiger partial charge in [-0.3, -0.25) is 4.52 Å². The van der Waals surface area contributed by atoms with Gasteiger partial charge in [-0.05, 0) is 49.1 Å². The Morgan fingerprint density at radius 3 is 2.27 bits per heavy atom. The van der Waals surface area contributed by atoms with Crippen LogP contribution in [0.2, 0.25) is 0 Å². The molecule has 1 fully saturated rings. The number of nitrogens with zero attached hydrogens (tertiary/aromatic N) is 2. The minimum absolute atomic E-state index is 0. The number of ether oxygens (including phenoxy) is 2. The first-order chi connectivity index (χ1) is 18.3. The number of hydrazine groups is 1. The second-order valence-corrected chi connectivity index (χ2v) is 12.8. The normalized spacial score (nSPS) is 17.3. The SMILES string of the molecule is CC(C)CN(N(C(=O)O[C@H]1CCOC1)[C@@H](Cc1ccccc1)[C@@H](C)OP(=O)(O)O)S(=O)(=O)c1ccc(N)cc1.[Na]. The molecular weight excluding hydrogens is 572 g/mol. The van der Waals surface area contributed by atoms with Crippen LogP contribution < -0.4 is 5.73 Å². The van der Waals surface area contributed by atoms with Crippen LogP contribution in [0.3, 0.4) is 0 Å². The number of anilines is 1. The number of sulfonamides is 1. The van der Waals surface area contributed by atoms with Crippen molar-refractivity contribution >= 4 is 59.2 Å².